The van der Waals surface area contributed by atoms with Crippen molar-refractivity contribution in [2.45, 2.75) is 35.1 Å². The van der Waals surface area contributed by atoms with Gasteiger partial charge in [-0.1, -0.05) is 22.8 Å². The molecule has 13 heteroatoms. The van der Waals surface area contributed by atoms with E-state index in [2.05, 4.69) is 10.5 Å². The first-order valence-electron chi connectivity index (χ1n) is 8.48. The molecular weight excluding hydrogens is 475 g/mol. The van der Waals surface area contributed by atoms with E-state index in [4.69, 9.17) is 22.2 Å². The largest absolute Gasteiger partial charge is 0.446 e. The minimum atomic E-state index is -5.07. The van der Waals surface area contributed by atoms with Crippen molar-refractivity contribution in [1.29, 1.82) is 0 Å². The number of nitrogens with zero attached hydrogens (tertiary/aromatic N) is 1. The molecule has 168 valence electrons. The van der Waals surface area contributed by atoms with E-state index in [1.165, 1.54) is 18.2 Å². The van der Waals surface area contributed by atoms with Crippen LogP contribution in [0.4, 0.5) is 36.4 Å². The zero-order valence-corrected chi connectivity index (χ0v) is 16.8. The Morgan fingerprint density at radius 1 is 1.13 bits per heavy atom. The van der Waals surface area contributed by atoms with E-state index in [0.717, 1.165) is 6.07 Å². The van der Waals surface area contributed by atoms with Gasteiger partial charge in [-0.2, -0.15) is 26.3 Å². The standard InChI is InChI=1S/C18H13ClF7N3OS/c19-12-3-2-11(5-9(12)8-27)28-15-7-16(30-29-15,17(21,22)23)10-1-4-13(20)14(6-10)31-18(24,25)26/h1-6H,7-8,27H2,(H,28,29). The summed E-state index contributed by atoms with van der Waals surface area (Å²) in [7, 11) is 0. The molecule has 31 heavy (non-hydrogen) atoms. The zero-order valence-electron chi connectivity index (χ0n) is 15.2. The molecule has 4 nitrogen and oxygen atoms in total. The number of benzene rings is 2. The van der Waals surface area contributed by atoms with E-state index in [-0.39, 0.29) is 12.4 Å². The Balaban J connectivity index is 1.92. The topological polar surface area (TPSA) is 59.6 Å². The first kappa shape index (κ1) is 23.5. The van der Waals surface area contributed by atoms with E-state index in [0.29, 0.717) is 28.4 Å². The zero-order chi connectivity index (χ0) is 23.0. The van der Waals surface area contributed by atoms with E-state index in [1.807, 2.05) is 0 Å². The van der Waals surface area contributed by atoms with Crippen molar-refractivity contribution < 1.29 is 35.6 Å². The number of oxime groups is 1. The van der Waals surface area contributed by atoms with Gasteiger partial charge in [0.25, 0.3) is 5.60 Å². The van der Waals surface area contributed by atoms with Gasteiger partial charge >= 0.3 is 11.7 Å². The summed E-state index contributed by atoms with van der Waals surface area (Å²) in [6, 6.07) is 6.19. The van der Waals surface area contributed by atoms with Crippen molar-refractivity contribution in [2.24, 2.45) is 10.9 Å². The van der Waals surface area contributed by atoms with Gasteiger partial charge in [0, 0.05) is 22.8 Å². The SMILES string of the molecule is NCc1cc(NC2=NOC(c3ccc(F)c(SC(F)(F)F)c3)(C(F)(F)F)C2)ccc1Cl. The predicted molar refractivity (Wildman–Crippen MR) is 102 cm³/mol. The molecule has 0 saturated heterocycles. The molecule has 0 aliphatic carbocycles. The number of amidine groups is 1. The number of hydrogen-bond acceptors (Lipinski definition) is 5. The maximum atomic E-state index is 14.0. The van der Waals surface area contributed by atoms with Gasteiger partial charge < -0.3 is 15.9 Å². The van der Waals surface area contributed by atoms with E-state index in [9.17, 15) is 30.7 Å². The van der Waals surface area contributed by atoms with Crippen LogP contribution in [0, 0.1) is 5.82 Å². The van der Waals surface area contributed by atoms with Crippen LogP contribution in [0.5, 0.6) is 0 Å². The lowest BCUT2D eigenvalue weighted by Gasteiger charge is -2.29. The average Bonchev–Trinajstić information content (AvgIpc) is 3.09. The number of hydrogen-bond donors (Lipinski definition) is 2. The number of alkyl halides is 6. The van der Waals surface area contributed by atoms with Crippen LogP contribution in [-0.4, -0.2) is 17.5 Å². The van der Waals surface area contributed by atoms with Crippen LogP contribution in [-0.2, 0) is 17.0 Å². The third-order valence-corrected chi connectivity index (χ3v) is 5.50. The smallest absolute Gasteiger partial charge is 0.372 e. The van der Waals surface area contributed by atoms with Gasteiger partial charge in [0.15, 0.2) is 5.84 Å². The van der Waals surface area contributed by atoms with E-state index >= 15 is 0 Å². The van der Waals surface area contributed by atoms with Crippen LogP contribution in [0.3, 0.4) is 0 Å². The van der Waals surface area contributed by atoms with Crippen molar-refractivity contribution in [2.75, 3.05) is 5.32 Å². The molecule has 0 radical (unpaired) electrons. The molecule has 1 heterocycles. The predicted octanol–water partition coefficient (Wildman–Crippen LogP) is 6.15. The summed E-state index contributed by atoms with van der Waals surface area (Å²) in [6.45, 7) is 0.0824. The maximum absolute atomic E-state index is 14.0. The van der Waals surface area contributed by atoms with Gasteiger partial charge in [-0.15, -0.1) is 0 Å². The van der Waals surface area contributed by atoms with Crippen molar-refractivity contribution in [3.05, 3.63) is 58.4 Å². The van der Waals surface area contributed by atoms with Gasteiger partial charge in [-0.3, -0.25) is 0 Å². The summed E-state index contributed by atoms with van der Waals surface area (Å²) >= 11 is 5.09. The molecule has 0 aromatic heterocycles. The molecule has 0 amide bonds. The average molecular weight is 488 g/mol. The van der Waals surface area contributed by atoms with Gasteiger partial charge in [-0.05, 0) is 47.7 Å². The minimum Gasteiger partial charge on any atom is -0.372 e. The Labute approximate surface area is 180 Å². The van der Waals surface area contributed by atoms with E-state index in [1.54, 1.807) is 0 Å². The summed E-state index contributed by atoms with van der Waals surface area (Å²) in [5, 5.41) is 6.45. The number of rotatable bonds is 4. The molecule has 2 aromatic rings. The number of thioether (sulfide) groups is 1. The lowest BCUT2D eigenvalue weighted by atomic mass is 9.89. The normalized spacial score (nSPS) is 19.2. The second kappa shape index (κ2) is 8.40. The molecule has 3 rings (SSSR count). The van der Waals surface area contributed by atoms with Crippen molar-refractivity contribution in [3.63, 3.8) is 0 Å². The monoisotopic (exact) mass is 487 g/mol. The van der Waals surface area contributed by atoms with Gasteiger partial charge in [0.1, 0.15) is 5.82 Å². The molecular formula is C18H13ClF7N3OS. The van der Waals surface area contributed by atoms with Crippen molar-refractivity contribution in [3.8, 4) is 0 Å². The quantitative estimate of drug-likeness (QED) is 0.401. The lowest BCUT2D eigenvalue weighted by Crippen LogP contribution is -2.43. The first-order valence-corrected chi connectivity index (χ1v) is 9.67. The highest BCUT2D eigenvalue weighted by Crippen LogP contribution is 2.49. The highest BCUT2D eigenvalue weighted by atomic mass is 35.5. The Kier molecular flexibility index (Phi) is 6.36. The molecule has 0 spiro atoms. The minimum absolute atomic E-state index is 0.0824. The molecule has 0 bridgehead atoms. The van der Waals surface area contributed by atoms with Gasteiger partial charge in [0.2, 0.25) is 0 Å². The lowest BCUT2D eigenvalue weighted by molar-refractivity contribution is -0.276. The summed E-state index contributed by atoms with van der Waals surface area (Å²) in [6.07, 6.45) is -5.95. The Bertz CT molecular complexity index is 1010. The van der Waals surface area contributed by atoms with E-state index < -0.39 is 51.7 Å². The fraction of sp³-hybridized carbons (Fsp3) is 0.278. The summed E-state index contributed by atoms with van der Waals surface area (Å²) in [5.41, 5.74) is -2.29. The third kappa shape index (κ3) is 5.01. The van der Waals surface area contributed by atoms with Crippen molar-refractivity contribution >= 4 is 34.9 Å². The van der Waals surface area contributed by atoms with Crippen LogP contribution >= 0.6 is 23.4 Å². The number of nitrogens with one attached hydrogen (secondary N) is 1. The maximum Gasteiger partial charge on any atom is 0.446 e. The molecule has 1 unspecified atom stereocenters. The van der Waals surface area contributed by atoms with Crippen molar-refractivity contribution in [1.82, 2.24) is 0 Å². The van der Waals surface area contributed by atoms with Crippen LogP contribution in [0.1, 0.15) is 17.5 Å². The summed E-state index contributed by atoms with van der Waals surface area (Å²) < 4.78 is 93.6. The number of anilines is 1. The van der Waals surface area contributed by atoms with Crippen LogP contribution < -0.4 is 11.1 Å². The molecule has 1 atom stereocenters. The fourth-order valence-corrected chi connectivity index (χ4v) is 3.70. The highest BCUT2D eigenvalue weighted by Gasteiger charge is 2.62. The summed E-state index contributed by atoms with van der Waals surface area (Å²) in [5.74, 6) is -1.55. The second-order valence-electron chi connectivity index (χ2n) is 6.46. The molecule has 0 fully saturated rings. The number of halogens is 8. The van der Waals surface area contributed by atoms with Crippen LogP contribution in [0.2, 0.25) is 5.02 Å². The Hall–Kier alpha value is -2.18. The molecule has 0 saturated carbocycles. The Morgan fingerprint density at radius 2 is 1.84 bits per heavy atom. The van der Waals surface area contributed by atoms with Crippen LogP contribution in [0.25, 0.3) is 0 Å². The molecule has 2 aromatic carbocycles. The number of nitrogens with two attached hydrogens (primary N) is 1. The molecule has 1 aliphatic heterocycles. The van der Waals surface area contributed by atoms with Gasteiger partial charge in [-0.25, -0.2) is 4.39 Å². The first-order chi connectivity index (χ1) is 14.3. The molecule has 3 N–H and O–H groups in total. The third-order valence-electron chi connectivity index (χ3n) is 4.36. The highest BCUT2D eigenvalue weighted by molar-refractivity contribution is 8.00. The van der Waals surface area contributed by atoms with Crippen LogP contribution in [0.15, 0.2) is 46.4 Å². The Morgan fingerprint density at radius 3 is 2.45 bits per heavy atom. The summed E-state index contributed by atoms with van der Waals surface area (Å²) in [4.78, 5) is 3.71. The second-order valence-corrected chi connectivity index (χ2v) is 7.97. The van der Waals surface area contributed by atoms with Gasteiger partial charge in [0.05, 0.1) is 11.3 Å². The fourth-order valence-electron chi connectivity index (χ4n) is 2.90. The molecule has 1 aliphatic rings.